The molecule has 0 saturated carbocycles. The van der Waals surface area contributed by atoms with Crippen molar-refractivity contribution >= 4 is 0 Å². The maximum atomic E-state index is 13.4. The molecule has 1 aromatic rings. The van der Waals surface area contributed by atoms with Crippen LogP contribution in [-0.2, 0) is 4.74 Å². The summed E-state index contributed by atoms with van der Waals surface area (Å²) in [5.41, 5.74) is 7.72. The van der Waals surface area contributed by atoms with Crippen molar-refractivity contribution in [1.82, 2.24) is 4.90 Å². The summed E-state index contributed by atoms with van der Waals surface area (Å²) in [4.78, 5) is 2.34. The average Bonchev–Trinajstić information content (AvgIpc) is 2.46. The first-order chi connectivity index (χ1) is 9.54. The van der Waals surface area contributed by atoms with Gasteiger partial charge in [-0.25, -0.2) is 4.39 Å². The molecular formula is C16H27FN2O. The van der Waals surface area contributed by atoms with E-state index in [0.29, 0.717) is 24.8 Å². The van der Waals surface area contributed by atoms with Gasteiger partial charge in [-0.3, -0.25) is 4.90 Å². The second-order valence-electron chi connectivity index (χ2n) is 5.25. The van der Waals surface area contributed by atoms with Crippen molar-refractivity contribution in [2.24, 2.45) is 5.73 Å². The largest absolute Gasteiger partial charge is 0.383 e. The summed E-state index contributed by atoms with van der Waals surface area (Å²) in [5, 5.41) is 0. The van der Waals surface area contributed by atoms with E-state index < -0.39 is 0 Å². The lowest BCUT2D eigenvalue weighted by molar-refractivity contribution is 0.0902. The second kappa shape index (κ2) is 8.35. The van der Waals surface area contributed by atoms with Crippen molar-refractivity contribution in [3.05, 3.63) is 35.1 Å². The number of hydrogen-bond donors (Lipinski definition) is 1. The molecule has 0 spiro atoms. The number of hydrogen-bond acceptors (Lipinski definition) is 3. The van der Waals surface area contributed by atoms with Gasteiger partial charge in [0.05, 0.1) is 6.61 Å². The Bertz CT molecular complexity index is 411. The van der Waals surface area contributed by atoms with Gasteiger partial charge in [-0.15, -0.1) is 0 Å². The van der Waals surface area contributed by atoms with Gasteiger partial charge in [0.2, 0.25) is 0 Å². The fraction of sp³-hybridized carbons (Fsp3) is 0.625. The summed E-state index contributed by atoms with van der Waals surface area (Å²) in [6, 6.07) is 5.76. The van der Waals surface area contributed by atoms with Crippen LogP contribution in [0.25, 0.3) is 0 Å². The van der Waals surface area contributed by atoms with Crippen molar-refractivity contribution < 1.29 is 9.13 Å². The Morgan fingerprint density at radius 1 is 1.40 bits per heavy atom. The molecule has 0 radical (unpaired) electrons. The number of methoxy groups -OCH3 is 1. The highest BCUT2D eigenvalue weighted by Gasteiger charge is 2.23. The van der Waals surface area contributed by atoms with Crippen LogP contribution in [-0.4, -0.2) is 37.7 Å². The standard InChI is InChI=1S/C16H27FN2O/c1-5-13(3)19(8-9-20-4)16(11-18)14-6-7-15(17)12(2)10-14/h6-7,10,13,16H,5,8-9,11,18H2,1-4H3. The van der Waals surface area contributed by atoms with Crippen molar-refractivity contribution in [3.63, 3.8) is 0 Å². The smallest absolute Gasteiger partial charge is 0.126 e. The van der Waals surface area contributed by atoms with E-state index in [1.54, 1.807) is 14.0 Å². The van der Waals surface area contributed by atoms with Crippen LogP contribution in [0.3, 0.4) is 0 Å². The van der Waals surface area contributed by atoms with Crippen molar-refractivity contribution in [1.29, 1.82) is 0 Å². The quantitative estimate of drug-likeness (QED) is 0.797. The number of aryl methyl sites for hydroxylation is 1. The molecule has 0 fully saturated rings. The summed E-state index contributed by atoms with van der Waals surface area (Å²) in [6.07, 6.45) is 1.04. The van der Waals surface area contributed by atoms with Crippen LogP contribution in [0.5, 0.6) is 0 Å². The number of halogens is 1. The predicted octanol–water partition coefficient (Wildman–Crippen LogP) is 2.88. The molecule has 4 heteroatoms. The molecule has 114 valence electrons. The summed E-state index contributed by atoms with van der Waals surface area (Å²) in [5.74, 6) is -0.170. The number of rotatable bonds is 8. The number of nitrogens with two attached hydrogens (primary N) is 1. The molecule has 0 aromatic heterocycles. The third kappa shape index (κ3) is 4.27. The number of benzene rings is 1. The van der Waals surface area contributed by atoms with Crippen LogP contribution < -0.4 is 5.73 Å². The molecule has 0 saturated heterocycles. The third-order valence-electron chi connectivity index (χ3n) is 3.90. The molecule has 2 atom stereocenters. The van der Waals surface area contributed by atoms with Gasteiger partial charge >= 0.3 is 0 Å². The number of nitrogens with zero attached hydrogens (tertiary/aromatic N) is 1. The molecule has 20 heavy (non-hydrogen) atoms. The lowest BCUT2D eigenvalue weighted by Crippen LogP contribution is -2.41. The SMILES string of the molecule is CCC(C)N(CCOC)C(CN)c1ccc(F)c(C)c1. The normalized spacial score (nSPS) is 14.6. The Balaban J connectivity index is 3.01. The van der Waals surface area contributed by atoms with Crippen LogP contribution in [0, 0.1) is 12.7 Å². The molecule has 0 aliphatic rings. The van der Waals surface area contributed by atoms with E-state index in [9.17, 15) is 4.39 Å². The maximum absolute atomic E-state index is 13.4. The van der Waals surface area contributed by atoms with E-state index in [1.165, 1.54) is 6.07 Å². The molecular weight excluding hydrogens is 255 g/mol. The van der Waals surface area contributed by atoms with E-state index in [0.717, 1.165) is 18.5 Å². The first-order valence-corrected chi connectivity index (χ1v) is 7.25. The average molecular weight is 282 g/mol. The first kappa shape index (κ1) is 17.1. The predicted molar refractivity (Wildman–Crippen MR) is 81.3 cm³/mol. The fourth-order valence-electron chi connectivity index (χ4n) is 2.45. The Hall–Kier alpha value is -0.970. The van der Waals surface area contributed by atoms with Crippen LogP contribution in [0.2, 0.25) is 0 Å². The van der Waals surface area contributed by atoms with Gasteiger partial charge in [0.15, 0.2) is 0 Å². The number of ether oxygens (including phenoxy) is 1. The zero-order valence-electron chi connectivity index (χ0n) is 13.0. The molecule has 1 rings (SSSR count). The van der Waals surface area contributed by atoms with Crippen molar-refractivity contribution in [3.8, 4) is 0 Å². The minimum absolute atomic E-state index is 0.0967. The van der Waals surface area contributed by atoms with Gasteiger partial charge in [-0.1, -0.05) is 19.1 Å². The van der Waals surface area contributed by atoms with Crippen molar-refractivity contribution in [2.75, 3.05) is 26.8 Å². The zero-order chi connectivity index (χ0) is 15.1. The topological polar surface area (TPSA) is 38.5 Å². The Morgan fingerprint density at radius 2 is 2.10 bits per heavy atom. The lowest BCUT2D eigenvalue weighted by Gasteiger charge is -2.36. The highest BCUT2D eigenvalue weighted by atomic mass is 19.1. The van der Waals surface area contributed by atoms with E-state index in [2.05, 4.69) is 18.7 Å². The fourth-order valence-corrected chi connectivity index (χ4v) is 2.45. The zero-order valence-corrected chi connectivity index (χ0v) is 13.0. The molecule has 0 bridgehead atoms. The minimum Gasteiger partial charge on any atom is -0.383 e. The molecule has 0 amide bonds. The van der Waals surface area contributed by atoms with Gasteiger partial charge in [-0.2, -0.15) is 0 Å². The van der Waals surface area contributed by atoms with E-state index in [4.69, 9.17) is 10.5 Å². The molecule has 1 aromatic carbocycles. The molecule has 0 heterocycles. The minimum atomic E-state index is -0.170. The lowest BCUT2D eigenvalue weighted by atomic mass is 10.0. The Labute approximate surface area is 121 Å². The van der Waals surface area contributed by atoms with Gasteiger partial charge in [0, 0.05) is 32.3 Å². The van der Waals surface area contributed by atoms with Gasteiger partial charge in [0.25, 0.3) is 0 Å². The van der Waals surface area contributed by atoms with Crippen LogP contribution >= 0.6 is 0 Å². The molecule has 2 N–H and O–H groups in total. The van der Waals surface area contributed by atoms with E-state index >= 15 is 0 Å². The monoisotopic (exact) mass is 282 g/mol. The molecule has 2 unspecified atom stereocenters. The molecule has 0 aliphatic carbocycles. The molecule has 3 nitrogen and oxygen atoms in total. The molecule has 0 aliphatic heterocycles. The third-order valence-corrected chi connectivity index (χ3v) is 3.90. The van der Waals surface area contributed by atoms with Crippen LogP contribution in [0.1, 0.15) is 37.4 Å². The summed E-state index contributed by atoms with van der Waals surface area (Å²) in [7, 11) is 1.70. The van der Waals surface area contributed by atoms with Gasteiger partial charge in [0.1, 0.15) is 5.82 Å². The first-order valence-electron chi connectivity index (χ1n) is 7.25. The Morgan fingerprint density at radius 3 is 2.60 bits per heavy atom. The van der Waals surface area contributed by atoms with Crippen molar-refractivity contribution in [2.45, 2.75) is 39.3 Å². The van der Waals surface area contributed by atoms with Crippen LogP contribution in [0.4, 0.5) is 4.39 Å². The summed E-state index contributed by atoms with van der Waals surface area (Å²) < 4.78 is 18.6. The van der Waals surface area contributed by atoms with Gasteiger partial charge in [-0.05, 0) is 37.5 Å². The summed E-state index contributed by atoms with van der Waals surface area (Å²) in [6.45, 7) is 8.14. The Kier molecular flexibility index (Phi) is 7.13. The van der Waals surface area contributed by atoms with E-state index in [1.807, 2.05) is 12.1 Å². The highest BCUT2D eigenvalue weighted by Crippen LogP contribution is 2.24. The summed E-state index contributed by atoms with van der Waals surface area (Å²) >= 11 is 0. The highest BCUT2D eigenvalue weighted by molar-refractivity contribution is 5.27. The maximum Gasteiger partial charge on any atom is 0.126 e. The van der Waals surface area contributed by atoms with Gasteiger partial charge < -0.3 is 10.5 Å². The second-order valence-corrected chi connectivity index (χ2v) is 5.25. The van der Waals surface area contributed by atoms with Crippen LogP contribution in [0.15, 0.2) is 18.2 Å². The van der Waals surface area contributed by atoms with E-state index in [-0.39, 0.29) is 11.9 Å².